The summed E-state index contributed by atoms with van der Waals surface area (Å²) in [6, 6.07) is 16.8. The summed E-state index contributed by atoms with van der Waals surface area (Å²) >= 11 is 0. The Bertz CT molecular complexity index is 802. The van der Waals surface area contributed by atoms with E-state index in [1.807, 2.05) is 61.5 Å². The number of nitrogens with one attached hydrogen (secondary N) is 2. The average molecular weight is 381 g/mol. The van der Waals surface area contributed by atoms with Crippen molar-refractivity contribution in [1.29, 1.82) is 0 Å². The highest BCUT2D eigenvalue weighted by Crippen LogP contribution is 2.26. The second-order valence-electron chi connectivity index (χ2n) is 7.03. The quantitative estimate of drug-likeness (QED) is 0.827. The number of carbonyl (C=O) groups excluding carboxylic acids is 2. The van der Waals surface area contributed by atoms with E-state index in [2.05, 4.69) is 10.6 Å². The van der Waals surface area contributed by atoms with Gasteiger partial charge in [-0.25, -0.2) is 4.79 Å². The number of ether oxygens (including phenoxy) is 1. The third kappa shape index (κ3) is 4.82. The molecule has 1 fully saturated rings. The molecule has 1 atom stereocenters. The number of piperidine rings is 1. The maximum absolute atomic E-state index is 12.7. The Morgan fingerprint density at radius 2 is 1.68 bits per heavy atom. The molecule has 1 aliphatic rings. The molecule has 1 heterocycles. The highest BCUT2D eigenvalue weighted by molar-refractivity contribution is 5.89. The van der Waals surface area contributed by atoms with Crippen molar-refractivity contribution in [3.8, 4) is 5.75 Å². The van der Waals surface area contributed by atoms with Crippen LogP contribution in [0.3, 0.4) is 0 Å². The fourth-order valence-electron chi connectivity index (χ4n) is 3.50. The monoisotopic (exact) mass is 381 g/mol. The Morgan fingerprint density at radius 3 is 2.36 bits per heavy atom. The second-order valence-corrected chi connectivity index (χ2v) is 7.03. The molecule has 3 amide bonds. The van der Waals surface area contributed by atoms with Crippen molar-refractivity contribution in [1.82, 2.24) is 10.2 Å². The largest absolute Gasteiger partial charge is 0.496 e. The van der Waals surface area contributed by atoms with E-state index >= 15 is 0 Å². The van der Waals surface area contributed by atoms with Gasteiger partial charge in [0, 0.05) is 30.3 Å². The minimum absolute atomic E-state index is 0.0292. The highest BCUT2D eigenvalue weighted by Gasteiger charge is 2.28. The van der Waals surface area contributed by atoms with Gasteiger partial charge >= 0.3 is 6.03 Å². The van der Waals surface area contributed by atoms with Crippen LogP contribution in [0.15, 0.2) is 54.6 Å². The smallest absolute Gasteiger partial charge is 0.321 e. The number of rotatable bonds is 5. The molecule has 0 aliphatic carbocycles. The van der Waals surface area contributed by atoms with E-state index in [1.165, 1.54) is 0 Å². The number of anilines is 1. The molecule has 0 aromatic heterocycles. The third-order valence-electron chi connectivity index (χ3n) is 5.14. The van der Waals surface area contributed by atoms with E-state index in [4.69, 9.17) is 4.74 Å². The maximum atomic E-state index is 12.7. The summed E-state index contributed by atoms with van der Waals surface area (Å²) in [7, 11) is 1.63. The van der Waals surface area contributed by atoms with Crippen molar-refractivity contribution in [2.75, 3.05) is 25.5 Å². The molecule has 2 aromatic rings. The van der Waals surface area contributed by atoms with Crippen molar-refractivity contribution in [3.63, 3.8) is 0 Å². The third-order valence-corrected chi connectivity index (χ3v) is 5.14. The first-order valence-electron chi connectivity index (χ1n) is 9.62. The molecule has 148 valence electrons. The summed E-state index contributed by atoms with van der Waals surface area (Å²) in [6.07, 6.45) is 1.32. The van der Waals surface area contributed by atoms with E-state index in [1.54, 1.807) is 12.0 Å². The molecule has 2 aromatic carbocycles. The van der Waals surface area contributed by atoms with Crippen molar-refractivity contribution in [3.05, 3.63) is 60.2 Å². The molecule has 1 saturated heterocycles. The van der Waals surface area contributed by atoms with Crippen molar-refractivity contribution >= 4 is 17.6 Å². The second kappa shape index (κ2) is 9.26. The molecule has 3 rings (SSSR count). The topological polar surface area (TPSA) is 70.7 Å². The summed E-state index contributed by atoms with van der Waals surface area (Å²) in [4.78, 5) is 26.8. The Morgan fingerprint density at radius 1 is 1.04 bits per heavy atom. The van der Waals surface area contributed by atoms with Gasteiger partial charge < -0.3 is 20.3 Å². The average Bonchev–Trinajstić information content (AvgIpc) is 2.74. The van der Waals surface area contributed by atoms with Crippen LogP contribution in [0, 0.1) is 5.92 Å². The van der Waals surface area contributed by atoms with Crippen molar-refractivity contribution < 1.29 is 14.3 Å². The number of methoxy groups -OCH3 is 1. The zero-order valence-electron chi connectivity index (χ0n) is 16.4. The number of carbonyl (C=O) groups is 2. The van der Waals surface area contributed by atoms with Crippen LogP contribution in [0.4, 0.5) is 10.5 Å². The molecular formula is C22H27N3O3. The van der Waals surface area contributed by atoms with Gasteiger partial charge in [-0.2, -0.15) is 0 Å². The SMILES string of the molecule is COc1ccccc1C(C)NC(=O)C1CCN(C(=O)Nc2ccccc2)CC1. The molecule has 0 spiro atoms. The molecule has 1 aliphatic heterocycles. The number of nitrogens with zero attached hydrogens (tertiary/aromatic N) is 1. The molecule has 6 nitrogen and oxygen atoms in total. The van der Waals surface area contributed by atoms with Crippen LogP contribution in [-0.2, 0) is 4.79 Å². The molecule has 0 saturated carbocycles. The molecular weight excluding hydrogens is 354 g/mol. The minimum Gasteiger partial charge on any atom is -0.496 e. The standard InChI is InChI=1S/C22H27N3O3/c1-16(19-10-6-7-11-20(19)28-2)23-21(26)17-12-14-25(15-13-17)22(27)24-18-8-4-3-5-9-18/h3-11,16-17H,12-15H2,1-2H3,(H,23,26)(H,24,27). The van der Waals surface area contributed by atoms with Gasteiger partial charge in [0.15, 0.2) is 0 Å². The van der Waals surface area contributed by atoms with Gasteiger partial charge in [0.25, 0.3) is 0 Å². The van der Waals surface area contributed by atoms with E-state index in [9.17, 15) is 9.59 Å². The van der Waals surface area contributed by atoms with Crippen LogP contribution in [0.5, 0.6) is 5.75 Å². The number of hydrogen-bond donors (Lipinski definition) is 2. The Kier molecular flexibility index (Phi) is 6.53. The Balaban J connectivity index is 1.50. The van der Waals surface area contributed by atoms with Crippen LogP contribution in [-0.4, -0.2) is 37.0 Å². The predicted octanol–water partition coefficient (Wildman–Crippen LogP) is 3.82. The van der Waals surface area contributed by atoms with Gasteiger partial charge in [0.1, 0.15) is 5.75 Å². The lowest BCUT2D eigenvalue weighted by Crippen LogP contribution is -2.44. The summed E-state index contributed by atoms with van der Waals surface area (Å²) in [5.74, 6) is 0.710. The predicted molar refractivity (Wildman–Crippen MR) is 109 cm³/mol. The fourth-order valence-corrected chi connectivity index (χ4v) is 3.50. The lowest BCUT2D eigenvalue weighted by atomic mass is 9.95. The van der Waals surface area contributed by atoms with Crippen molar-refractivity contribution in [2.24, 2.45) is 5.92 Å². The first kappa shape index (κ1) is 19.7. The number of benzene rings is 2. The Hall–Kier alpha value is -3.02. The lowest BCUT2D eigenvalue weighted by molar-refractivity contribution is -0.126. The number of para-hydroxylation sites is 2. The summed E-state index contributed by atoms with van der Waals surface area (Å²) < 4.78 is 5.38. The molecule has 28 heavy (non-hydrogen) atoms. The van der Waals surface area contributed by atoms with E-state index in [0.29, 0.717) is 25.9 Å². The van der Waals surface area contributed by atoms with E-state index in [0.717, 1.165) is 17.0 Å². The van der Waals surface area contributed by atoms with E-state index in [-0.39, 0.29) is 23.9 Å². The summed E-state index contributed by atoms with van der Waals surface area (Å²) in [6.45, 7) is 3.10. The van der Waals surface area contributed by atoms with Gasteiger partial charge in [-0.15, -0.1) is 0 Å². The van der Waals surface area contributed by atoms with Crippen LogP contribution in [0.2, 0.25) is 0 Å². The van der Waals surface area contributed by atoms with Gasteiger partial charge in [-0.05, 0) is 38.0 Å². The van der Waals surface area contributed by atoms with Gasteiger partial charge in [0.2, 0.25) is 5.91 Å². The normalized spacial score (nSPS) is 15.6. The summed E-state index contributed by atoms with van der Waals surface area (Å²) in [5, 5.41) is 5.98. The summed E-state index contributed by atoms with van der Waals surface area (Å²) in [5.41, 5.74) is 1.73. The number of urea groups is 1. The Labute approximate surface area is 165 Å². The lowest BCUT2D eigenvalue weighted by Gasteiger charge is -2.32. The highest BCUT2D eigenvalue weighted by atomic mass is 16.5. The van der Waals surface area contributed by atoms with Crippen LogP contribution in [0.1, 0.15) is 31.4 Å². The molecule has 2 N–H and O–H groups in total. The molecule has 6 heteroatoms. The van der Waals surface area contributed by atoms with Crippen LogP contribution >= 0.6 is 0 Å². The molecule has 0 bridgehead atoms. The first-order chi connectivity index (χ1) is 13.6. The number of likely N-dealkylation sites (tertiary alicyclic amines) is 1. The van der Waals surface area contributed by atoms with Crippen LogP contribution < -0.4 is 15.4 Å². The number of hydrogen-bond acceptors (Lipinski definition) is 3. The van der Waals surface area contributed by atoms with Crippen LogP contribution in [0.25, 0.3) is 0 Å². The maximum Gasteiger partial charge on any atom is 0.321 e. The van der Waals surface area contributed by atoms with Gasteiger partial charge in [-0.3, -0.25) is 4.79 Å². The van der Waals surface area contributed by atoms with E-state index < -0.39 is 0 Å². The van der Waals surface area contributed by atoms with Gasteiger partial charge in [0.05, 0.1) is 13.2 Å². The molecule has 1 unspecified atom stereocenters. The minimum atomic E-state index is -0.136. The first-order valence-corrected chi connectivity index (χ1v) is 9.62. The fraction of sp³-hybridized carbons (Fsp3) is 0.364. The zero-order valence-corrected chi connectivity index (χ0v) is 16.4. The van der Waals surface area contributed by atoms with Gasteiger partial charge in [-0.1, -0.05) is 36.4 Å². The van der Waals surface area contributed by atoms with Crippen molar-refractivity contribution in [2.45, 2.75) is 25.8 Å². The number of amides is 3. The molecule has 0 radical (unpaired) electrons. The zero-order chi connectivity index (χ0) is 19.9.